The number of esters is 1. The molecule has 2 aromatic rings. The summed E-state index contributed by atoms with van der Waals surface area (Å²) in [7, 11) is 1.23. The van der Waals surface area contributed by atoms with Crippen molar-refractivity contribution in [3.05, 3.63) is 59.4 Å². The summed E-state index contributed by atoms with van der Waals surface area (Å²) >= 11 is 0. The lowest BCUT2D eigenvalue weighted by molar-refractivity contribution is -0.129. The largest absolute Gasteiger partial charge is 0.493 e. The van der Waals surface area contributed by atoms with Crippen LogP contribution in [0.4, 0.5) is 13.2 Å². The predicted octanol–water partition coefficient (Wildman–Crippen LogP) is 3.30. The molecule has 0 aliphatic heterocycles. The van der Waals surface area contributed by atoms with E-state index in [1.807, 2.05) is 0 Å². The maximum absolute atomic E-state index is 12.9. The Hall–Kier alpha value is -3.23. The molecule has 0 spiro atoms. The highest BCUT2D eigenvalue weighted by Gasteiger charge is 2.20. The highest BCUT2D eigenvalue weighted by molar-refractivity contribution is 5.92. The van der Waals surface area contributed by atoms with E-state index in [1.54, 1.807) is 0 Å². The number of carbonyl (C=O) groups is 2. The van der Waals surface area contributed by atoms with Crippen LogP contribution in [0.1, 0.15) is 22.8 Å². The molecule has 0 aromatic heterocycles. The Bertz CT molecular complexity index is 827. The van der Waals surface area contributed by atoms with E-state index >= 15 is 0 Å². The summed E-state index contributed by atoms with van der Waals surface area (Å²) < 4.78 is 51.8. The Labute approximate surface area is 159 Å². The topological polar surface area (TPSA) is 73.9 Å². The summed E-state index contributed by atoms with van der Waals surface area (Å²) in [4.78, 5) is 24.2. The fourth-order valence-corrected chi connectivity index (χ4v) is 2.21. The second kappa shape index (κ2) is 9.63. The fraction of sp³-hybridized carbons (Fsp3) is 0.263. The quantitative estimate of drug-likeness (QED) is 0.692. The van der Waals surface area contributed by atoms with Crippen LogP contribution < -0.4 is 14.8 Å². The minimum absolute atomic E-state index is 0.00310. The maximum atomic E-state index is 12.9. The molecule has 0 saturated heterocycles. The Morgan fingerprint density at radius 3 is 2.36 bits per heavy atom. The number of carbonyl (C=O) groups excluding carboxylic acids is 2. The Morgan fingerprint density at radius 1 is 1.07 bits per heavy atom. The SMILES string of the molecule is COc1cc(C(=O)O[C@H](C)C(=O)NCc2ccc(F)cc2)ccc1OC(F)F. The molecule has 1 N–H and O–H groups in total. The number of benzene rings is 2. The number of rotatable bonds is 8. The van der Waals surface area contributed by atoms with E-state index < -0.39 is 30.4 Å². The molecule has 6 nitrogen and oxygen atoms in total. The van der Waals surface area contributed by atoms with Crippen molar-refractivity contribution < 1.29 is 37.0 Å². The molecule has 1 amide bonds. The van der Waals surface area contributed by atoms with Gasteiger partial charge in [-0.15, -0.1) is 0 Å². The summed E-state index contributed by atoms with van der Waals surface area (Å²) in [5.74, 6) is -2.10. The summed E-state index contributed by atoms with van der Waals surface area (Å²) in [6.45, 7) is -1.53. The first-order chi connectivity index (χ1) is 13.3. The van der Waals surface area contributed by atoms with E-state index in [4.69, 9.17) is 9.47 Å². The van der Waals surface area contributed by atoms with Crippen LogP contribution in [0.25, 0.3) is 0 Å². The Kier molecular flexibility index (Phi) is 7.25. The molecular formula is C19H18F3NO5. The van der Waals surface area contributed by atoms with Gasteiger partial charge in [0.25, 0.3) is 5.91 Å². The molecule has 0 aliphatic carbocycles. The van der Waals surface area contributed by atoms with Crippen molar-refractivity contribution in [3.63, 3.8) is 0 Å². The van der Waals surface area contributed by atoms with Crippen molar-refractivity contribution in [1.82, 2.24) is 5.32 Å². The smallest absolute Gasteiger partial charge is 0.387 e. The number of halogens is 3. The molecule has 9 heteroatoms. The van der Waals surface area contributed by atoms with Gasteiger partial charge < -0.3 is 19.5 Å². The first-order valence-electron chi connectivity index (χ1n) is 8.16. The van der Waals surface area contributed by atoms with Crippen molar-refractivity contribution >= 4 is 11.9 Å². The lowest BCUT2D eigenvalue weighted by Gasteiger charge is -2.15. The van der Waals surface area contributed by atoms with Gasteiger partial charge in [-0.25, -0.2) is 9.18 Å². The Morgan fingerprint density at radius 2 is 1.75 bits per heavy atom. The van der Waals surface area contributed by atoms with E-state index in [0.29, 0.717) is 5.56 Å². The van der Waals surface area contributed by atoms with Crippen molar-refractivity contribution in [3.8, 4) is 11.5 Å². The van der Waals surface area contributed by atoms with E-state index in [0.717, 1.165) is 6.07 Å². The third-order valence-electron chi connectivity index (χ3n) is 3.65. The summed E-state index contributed by atoms with van der Waals surface area (Å²) in [6, 6.07) is 9.08. The number of hydrogen-bond donors (Lipinski definition) is 1. The molecule has 0 unspecified atom stereocenters. The van der Waals surface area contributed by atoms with Crippen LogP contribution in [0, 0.1) is 5.82 Å². The number of nitrogens with one attached hydrogen (secondary N) is 1. The van der Waals surface area contributed by atoms with Gasteiger partial charge in [0.1, 0.15) is 5.82 Å². The van der Waals surface area contributed by atoms with Crippen LogP contribution >= 0.6 is 0 Å². The highest BCUT2D eigenvalue weighted by Crippen LogP contribution is 2.29. The number of amides is 1. The molecule has 2 rings (SSSR count). The number of methoxy groups -OCH3 is 1. The van der Waals surface area contributed by atoms with Gasteiger partial charge in [-0.3, -0.25) is 4.79 Å². The van der Waals surface area contributed by atoms with Crippen molar-refractivity contribution in [1.29, 1.82) is 0 Å². The first kappa shape index (κ1) is 21.1. The highest BCUT2D eigenvalue weighted by atomic mass is 19.3. The number of alkyl halides is 2. The third-order valence-corrected chi connectivity index (χ3v) is 3.65. The zero-order valence-electron chi connectivity index (χ0n) is 15.1. The van der Waals surface area contributed by atoms with Gasteiger partial charge in [0.15, 0.2) is 17.6 Å². The molecule has 2 aromatic carbocycles. The van der Waals surface area contributed by atoms with Gasteiger partial charge in [-0.1, -0.05) is 12.1 Å². The molecule has 28 heavy (non-hydrogen) atoms. The fourth-order valence-electron chi connectivity index (χ4n) is 2.21. The molecule has 150 valence electrons. The van der Waals surface area contributed by atoms with Gasteiger partial charge in [-0.05, 0) is 42.8 Å². The normalized spacial score (nSPS) is 11.6. The number of hydrogen-bond acceptors (Lipinski definition) is 5. The van der Waals surface area contributed by atoms with Gasteiger partial charge >= 0.3 is 12.6 Å². The van der Waals surface area contributed by atoms with Crippen LogP contribution in [0.3, 0.4) is 0 Å². The van der Waals surface area contributed by atoms with E-state index in [9.17, 15) is 22.8 Å². The van der Waals surface area contributed by atoms with Gasteiger partial charge in [0.2, 0.25) is 0 Å². The molecule has 0 saturated carbocycles. The van der Waals surface area contributed by atoms with Crippen LogP contribution in [0.15, 0.2) is 42.5 Å². The molecule has 1 atom stereocenters. The lowest BCUT2D eigenvalue weighted by Crippen LogP contribution is -2.35. The van der Waals surface area contributed by atoms with Crippen molar-refractivity contribution in [2.45, 2.75) is 26.2 Å². The molecule has 0 fully saturated rings. The second-order valence-electron chi connectivity index (χ2n) is 5.64. The summed E-state index contributed by atoms with van der Waals surface area (Å²) in [6.07, 6.45) is -1.11. The van der Waals surface area contributed by atoms with E-state index in [2.05, 4.69) is 10.1 Å². The predicted molar refractivity (Wildman–Crippen MR) is 92.8 cm³/mol. The third kappa shape index (κ3) is 5.90. The average Bonchev–Trinajstić information content (AvgIpc) is 2.67. The molecule has 0 bridgehead atoms. The van der Waals surface area contributed by atoms with Crippen LogP contribution in [-0.4, -0.2) is 31.7 Å². The average molecular weight is 397 g/mol. The summed E-state index contributed by atoms with van der Waals surface area (Å²) in [5, 5.41) is 2.56. The van der Waals surface area contributed by atoms with E-state index in [1.165, 1.54) is 50.4 Å². The van der Waals surface area contributed by atoms with Crippen molar-refractivity contribution in [2.24, 2.45) is 0 Å². The number of ether oxygens (including phenoxy) is 3. The minimum atomic E-state index is -3.04. The molecular weight excluding hydrogens is 379 g/mol. The molecule has 0 radical (unpaired) electrons. The maximum Gasteiger partial charge on any atom is 0.387 e. The van der Waals surface area contributed by atoms with Crippen LogP contribution in [0.2, 0.25) is 0 Å². The van der Waals surface area contributed by atoms with E-state index in [-0.39, 0.29) is 23.6 Å². The van der Waals surface area contributed by atoms with Crippen LogP contribution in [0.5, 0.6) is 11.5 Å². The standard InChI is InChI=1S/C19H18F3NO5/c1-11(17(24)23-10-12-3-6-14(20)7-4-12)27-18(25)13-5-8-15(28-19(21)22)16(9-13)26-2/h3-9,11,19H,10H2,1-2H3,(H,23,24)/t11-/m1/s1. The van der Waals surface area contributed by atoms with Crippen LogP contribution in [-0.2, 0) is 16.1 Å². The lowest BCUT2D eigenvalue weighted by atomic mass is 10.2. The zero-order valence-corrected chi connectivity index (χ0v) is 15.1. The van der Waals surface area contributed by atoms with Crippen molar-refractivity contribution in [2.75, 3.05) is 7.11 Å². The van der Waals surface area contributed by atoms with Gasteiger partial charge in [-0.2, -0.15) is 8.78 Å². The summed E-state index contributed by atoms with van der Waals surface area (Å²) in [5.41, 5.74) is 0.671. The monoisotopic (exact) mass is 397 g/mol. The molecule has 0 heterocycles. The minimum Gasteiger partial charge on any atom is -0.493 e. The second-order valence-corrected chi connectivity index (χ2v) is 5.64. The van der Waals surface area contributed by atoms with Gasteiger partial charge in [0.05, 0.1) is 12.7 Å². The first-order valence-corrected chi connectivity index (χ1v) is 8.16. The van der Waals surface area contributed by atoms with Gasteiger partial charge in [0, 0.05) is 6.54 Å². The Balaban J connectivity index is 1.95. The molecule has 0 aliphatic rings. The zero-order chi connectivity index (χ0) is 20.7.